The van der Waals surface area contributed by atoms with Gasteiger partial charge >= 0.3 is 0 Å². The largest absolute Gasteiger partial charge is 0.329 e. The predicted molar refractivity (Wildman–Crippen MR) is 115 cm³/mol. The molecule has 0 spiro atoms. The topological polar surface area (TPSA) is 38.0 Å². The Morgan fingerprint density at radius 3 is 1.20 bits per heavy atom. The third-order valence-electron chi connectivity index (χ3n) is 5.38. The minimum Gasteiger partial charge on any atom is -0.329 e. The van der Waals surface area contributed by atoms with Crippen LogP contribution in [-0.4, -0.2) is 19.1 Å². The Kier molecular flexibility index (Phi) is 21.9. The molecule has 1 unspecified atom stereocenters. The molecular formula is C23H50N2. The van der Waals surface area contributed by atoms with Crippen molar-refractivity contribution in [2.24, 2.45) is 5.73 Å². The van der Waals surface area contributed by atoms with Crippen LogP contribution in [-0.2, 0) is 0 Å². The molecule has 0 aliphatic heterocycles. The number of hydrogen-bond acceptors (Lipinski definition) is 2. The van der Waals surface area contributed by atoms with Gasteiger partial charge in [-0.15, -0.1) is 0 Å². The van der Waals surface area contributed by atoms with E-state index < -0.39 is 0 Å². The van der Waals surface area contributed by atoms with Crippen molar-refractivity contribution >= 4 is 0 Å². The lowest BCUT2D eigenvalue weighted by atomic mass is 10.0. The minimum absolute atomic E-state index is 0.478. The van der Waals surface area contributed by atoms with Gasteiger partial charge in [0, 0.05) is 12.6 Å². The molecule has 1 atom stereocenters. The monoisotopic (exact) mass is 354 g/mol. The van der Waals surface area contributed by atoms with Crippen LogP contribution in [0.5, 0.6) is 0 Å². The first-order chi connectivity index (χ1) is 12.3. The molecule has 0 aliphatic carbocycles. The van der Waals surface area contributed by atoms with Crippen molar-refractivity contribution in [3.05, 3.63) is 0 Å². The van der Waals surface area contributed by atoms with Gasteiger partial charge < -0.3 is 11.1 Å². The lowest BCUT2D eigenvalue weighted by Gasteiger charge is -2.10. The molecule has 0 saturated heterocycles. The van der Waals surface area contributed by atoms with E-state index in [4.69, 9.17) is 5.73 Å². The molecule has 0 aliphatic rings. The highest BCUT2D eigenvalue weighted by Gasteiger charge is 1.97. The summed E-state index contributed by atoms with van der Waals surface area (Å²) >= 11 is 0. The normalized spacial score (nSPS) is 12.6. The van der Waals surface area contributed by atoms with Gasteiger partial charge in [0.05, 0.1) is 0 Å². The van der Waals surface area contributed by atoms with Crippen LogP contribution < -0.4 is 11.1 Å². The average Bonchev–Trinajstić information content (AvgIpc) is 2.63. The van der Waals surface area contributed by atoms with Gasteiger partial charge in [-0.25, -0.2) is 0 Å². The summed E-state index contributed by atoms with van der Waals surface area (Å²) in [7, 11) is 0. The van der Waals surface area contributed by atoms with Gasteiger partial charge in [-0.1, -0.05) is 116 Å². The molecule has 2 heteroatoms. The van der Waals surface area contributed by atoms with Crippen molar-refractivity contribution in [1.82, 2.24) is 5.32 Å². The first kappa shape index (κ1) is 24.9. The number of unbranched alkanes of at least 4 members (excludes halogenated alkanes) is 17. The maximum absolute atomic E-state index is 5.59. The SMILES string of the molecule is CCCCCCCCCCCCCCCCCCCCNC(C)CN. The van der Waals surface area contributed by atoms with Gasteiger partial charge in [0.15, 0.2) is 0 Å². The standard InChI is InChI=1S/C23H50N2/c1-3-4-5-6-7-8-9-10-11-12-13-14-15-16-17-18-19-20-21-25-23(2)22-24/h23,25H,3-22,24H2,1-2H3. The van der Waals surface area contributed by atoms with Crippen LogP contribution in [0.2, 0.25) is 0 Å². The minimum atomic E-state index is 0.478. The highest BCUT2D eigenvalue weighted by Crippen LogP contribution is 2.14. The molecule has 0 aromatic carbocycles. The zero-order valence-corrected chi connectivity index (χ0v) is 17.8. The molecule has 0 bridgehead atoms. The fourth-order valence-electron chi connectivity index (χ4n) is 3.46. The maximum atomic E-state index is 5.59. The molecule has 0 rings (SSSR count). The third-order valence-corrected chi connectivity index (χ3v) is 5.38. The van der Waals surface area contributed by atoms with Crippen LogP contribution in [0.4, 0.5) is 0 Å². The predicted octanol–water partition coefficient (Wildman–Crippen LogP) is 6.96. The number of nitrogens with two attached hydrogens (primary N) is 1. The third kappa shape index (κ3) is 21.9. The molecule has 0 aromatic heterocycles. The Bertz CT molecular complexity index is 230. The molecule has 0 fully saturated rings. The fourth-order valence-corrected chi connectivity index (χ4v) is 3.46. The van der Waals surface area contributed by atoms with Crippen LogP contribution in [0, 0.1) is 0 Å². The Morgan fingerprint density at radius 1 is 0.560 bits per heavy atom. The van der Waals surface area contributed by atoms with E-state index in [1.807, 2.05) is 0 Å². The molecule has 3 N–H and O–H groups in total. The molecule has 0 amide bonds. The molecule has 0 aromatic rings. The highest BCUT2D eigenvalue weighted by atomic mass is 14.9. The highest BCUT2D eigenvalue weighted by molar-refractivity contribution is 4.60. The fraction of sp³-hybridized carbons (Fsp3) is 1.00. The van der Waals surface area contributed by atoms with Crippen molar-refractivity contribution in [3.63, 3.8) is 0 Å². The van der Waals surface area contributed by atoms with E-state index in [1.165, 1.54) is 116 Å². The van der Waals surface area contributed by atoms with E-state index in [0.717, 1.165) is 13.1 Å². The van der Waals surface area contributed by atoms with E-state index in [0.29, 0.717) is 6.04 Å². The number of hydrogen-bond donors (Lipinski definition) is 2. The van der Waals surface area contributed by atoms with Crippen molar-refractivity contribution < 1.29 is 0 Å². The Labute approximate surface area is 160 Å². The van der Waals surface area contributed by atoms with Gasteiger partial charge in [-0.3, -0.25) is 0 Å². The van der Waals surface area contributed by atoms with Crippen molar-refractivity contribution in [2.45, 2.75) is 135 Å². The Morgan fingerprint density at radius 2 is 0.880 bits per heavy atom. The molecule has 152 valence electrons. The first-order valence-corrected chi connectivity index (χ1v) is 11.7. The van der Waals surface area contributed by atoms with Crippen LogP contribution in [0.1, 0.15) is 129 Å². The van der Waals surface area contributed by atoms with Gasteiger partial charge in [0.25, 0.3) is 0 Å². The van der Waals surface area contributed by atoms with Crippen molar-refractivity contribution in [1.29, 1.82) is 0 Å². The Balaban J connectivity index is 2.98. The summed E-state index contributed by atoms with van der Waals surface area (Å²) in [4.78, 5) is 0. The summed E-state index contributed by atoms with van der Waals surface area (Å²) in [6, 6.07) is 0.478. The first-order valence-electron chi connectivity index (χ1n) is 11.7. The molecule has 0 radical (unpaired) electrons. The van der Waals surface area contributed by atoms with E-state index in [9.17, 15) is 0 Å². The molecule has 0 saturated carbocycles. The summed E-state index contributed by atoms with van der Waals surface area (Å²) in [5, 5.41) is 3.46. The lowest BCUT2D eigenvalue weighted by molar-refractivity contribution is 0.507. The second-order valence-corrected chi connectivity index (χ2v) is 8.10. The average molecular weight is 355 g/mol. The van der Waals surface area contributed by atoms with Gasteiger partial charge in [-0.2, -0.15) is 0 Å². The van der Waals surface area contributed by atoms with Gasteiger partial charge in [0.2, 0.25) is 0 Å². The van der Waals surface area contributed by atoms with Crippen LogP contribution >= 0.6 is 0 Å². The lowest BCUT2D eigenvalue weighted by Crippen LogP contribution is -2.33. The summed E-state index contributed by atoms with van der Waals surface area (Å²) in [6.07, 6.45) is 26.0. The second kappa shape index (κ2) is 22.0. The zero-order valence-electron chi connectivity index (χ0n) is 17.8. The van der Waals surface area contributed by atoms with E-state index in [1.54, 1.807) is 0 Å². The Hall–Kier alpha value is -0.0800. The molecule has 25 heavy (non-hydrogen) atoms. The van der Waals surface area contributed by atoms with Crippen molar-refractivity contribution in [3.8, 4) is 0 Å². The van der Waals surface area contributed by atoms with Crippen LogP contribution in [0.25, 0.3) is 0 Å². The van der Waals surface area contributed by atoms with Crippen molar-refractivity contribution in [2.75, 3.05) is 13.1 Å². The summed E-state index contributed by atoms with van der Waals surface area (Å²) in [6.45, 7) is 6.34. The van der Waals surface area contributed by atoms with E-state index in [2.05, 4.69) is 19.2 Å². The number of rotatable bonds is 21. The zero-order chi connectivity index (χ0) is 18.4. The smallest absolute Gasteiger partial charge is 0.0161 e. The maximum Gasteiger partial charge on any atom is 0.0161 e. The second-order valence-electron chi connectivity index (χ2n) is 8.10. The number of nitrogens with one attached hydrogen (secondary N) is 1. The quantitative estimate of drug-likeness (QED) is 0.218. The molecular weight excluding hydrogens is 304 g/mol. The summed E-state index contributed by atoms with van der Waals surface area (Å²) in [5.41, 5.74) is 5.59. The van der Waals surface area contributed by atoms with Gasteiger partial charge in [0.1, 0.15) is 0 Å². The molecule has 2 nitrogen and oxygen atoms in total. The van der Waals surface area contributed by atoms with Crippen LogP contribution in [0.3, 0.4) is 0 Å². The van der Waals surface area contributed by atoms with E-state index >= 15 is 0 Å². The van der Waals surface area contributed by atoms with Crippen LogP contribution in [0.15, 0.2) is 0 Å². The van der Waals surface area contributed by atoms with E-state index in [-0.39, 0.29) is 0 Å². The van der Waals surface area contributed by atoms with Gasteiger partial charge in [-0.05, 0) is 19.9 Å². The summed E-state index contributed by atoms with van der Waals surface area (Å²) < 4.78 is 0. The summed E-state index contributed by atoms with van der Waals surface area (Å²) in [5.74, 6) is 0. The molecule has 0 heterocycles.